The summed E-state index contributed by atoms with van der Waals surface area (Å²) >= 11 is 13.3. The van der Waals surface area contributed by atoms with Crippen LogP contribution in [0.3, 0.4) is 0 Å². The minimum Gasteiger partial charge on any atom is -0.484 e. The molecule has 0 atom stereocenters. The molecule has 31 heavy (non-hydrogen) atoms. The van der Waals surface area contributed by atoms with Crippen LogP contribution in [0, 0.1) is 0 Å². The van der Waals surface area contributed by atoms with Gasteiger partial charge in [0.15, 0.2) is 11.0 Å². The predicted octanol–water partition coefficient (Wildman–Crippen LogP) is 4.01. The SMILES string of the molecule is CCn1c(COc2cc(Cl)ccc2Cl)nnc1SCC(=O)Nc1ccccc1C(N)=O. The van der Waals surface area contributed by atoms with E-state index in [1.54, 1.807) is 42.5 Å². The molecule has 8 nitrogen and oxygen atoms in total. The maximum absolute atomic E-state index is 12.4. The molecule has 0 spiro atoms. The number of primary amides is 1. The molecule has 3 aromatic rings. The highest BCUT2D eigenvalue weighted by molar-refractivity contribution is 7.99. The number of anilines is 1. The third-order valence-electron chi connectivity index (χ3n) is 4.16. The lowest BCUT2D eigenvalue weighted by molar-refractivity contribution is -0.113. The van der Waals surface area contributed by atoms with Crippen LogP contribution in [0.25, 0.3) is 0 Å². The van der Waals surface area contributed by atoms with E-state index in [0.29, 0.717) is 39.0 Å². The van der Waals surface area contributed by atoms with Crippen LogP contribution in [0.2, 0.25) is 10.0 Å². The molecule has 11 heteroatoms. The van der Waals surface area contributed by atoms with Gasteiger partial charge in [-0.05, 0) is 31.2 Å². The predicted molar refractivity (Wildman–Crippen MR) is 121 cm³/mol. The van der Waals surface area contributed by atoms with Crippen LogP contribution in [0.1, 0.15) is 23.1 Å². The molecule has 162 valence electrons. The summed E-state index contributed by atoms with van der Waals surface area (Å²) in [5.41, 5.74) is 5.95. The molecule has 0 saturated heterocycles. The minimum absolute atomic E-state index is 0.0756. The normalized spacial score (nSPS) is 10.7. The zero-order valence-corrected chi connectivity index (χ0v) is 18.8. The molecular formula is C20H19Cl2N5O3S. The van der Waals surface area contributed by atoms with Crippen molar-refractivity contribution in [2.45, 2.75) is 25.2 Å². The molecule has 3 rings (SSSR count). The Hall–Kier alpha value is -2.75. The smallest absolute Gasteiger partial charge is 0.250 e. The van der Waals surface area contributed by atoms with Gasteiger partial charge in [-0.15, -0.1) is 10.2 Å². The summed E-state index contributed by atoms with van der Waals surface area (Å²) in [6.07, 6.45) is 0. The van der Waals surface area contributed by atoms with Gasteiger partial charge in [0.1, 0.15) is 12.4 Å². The number of hydrogen-bond acceptors (Lipinski definition) is 6. The summed E-state index contributed by atoms with van der Waals surface area (Å²) in [5, 5.41) is 12.5. The number of carbonyl (C=O) groups excluding carboxylic acids is 2. The molecule has 2 amide bonds. The lowest BCUT2D eigenvalue weighted by Gasteiger charge is -2.11. The van der Waals surface area contributed by atoms with Gasteiger partial charge >= 0.3 is 0 Å². The van der Waals surface area contributed by atoms with Crippen molar-refractivity contribution in [1.29, 1.82) is 0 Å². The van der Waals surface area contributed by atoms with Crippen molar-refractivity contribution < 1.29 is 14.3 Å². The molecule has 0 aliphatic rings. The third kappa shape index (κ3) is 5.90. The van der Waals surface area contributed by atoms with E-state index < -0.39 is 5.91 Å². The number of amides is 2. The van der Waals surface area contributed by atoms with Crippen molar-refractivity contribution in [3.05, 3.63) is 63.9 Å². The third-order valence-corrected chi connectivity index (χ3v) is 5.67. The number of ether oxygens (including phenoxy) is 1. The number of nitrogens with one attached hydrogen (secondary N) is 1. The van der Waals surface area contributed by atoms with E-state index in [1.165, 1.54) is 11.8 Å². The number of hydrogen-bond donors (Lipinski definition) is 2. The number of nitrogens with zero attached hydrogens (tertiary/aromatic N) is 3. The fourth-order valence-corrected chi connectivity index (χ4v) is 3.86. The molecule has 1 heterocycles. The van der Waals surface area contributed by atoms with E-state index >= 15 is 0 Å². The quantitative estimate of drug-likeness (QED) is 0.448. The number of benzene rings is 2. The number of para-hydroxylation sites is 1. The molecule has 2 aromatic carbocycles. The van der Waals surface area contributed by atoms with Gasteiger partial charge in [-0.1, -0.05) is 47.1 Å². The van der Waals surface area contributed by atoms with Gasteiger partial charge in [0.2, 0.25) is 5.91 Å². The molecule has 1 aromatic heterocycles. The van der Waals surface area contributed by atoms with Crippen molar-refractivity contribution in [3.63, 3.8) is 0 Å². The highest BCUT2D eigenvalue weighted by atomic mass is 35.5. The zero-order chi connectivity index (χ0) is 22.4. The molecule has 0 bridgehead atoms. The van der Waals surface area contributed by atoms with E-state index in [4.69, 9.17) is 33.7 Å². The van der Waals surface area contributed by atoms with Crippen LogP contribution in [0.5, 0.6) is 5.75 Å². The zero-order valence-electron chi connectivity index (χ0n) is 16.5. The lowest BCUT2D eigenvalue weighted by atomic mass is 10.1. The van der Waals surface area contributed by atoms with Gasteiger partial charge in [-0.25, -0.2) is 0 Å². The molecule has 0 aliphatic heterocycles. The average Bonchev–Trinajstić information content (AvgIpc) is 3.15. The first-order chi connectivity index (χ1) is 14.9. The summed E-state index contributed by atoms with van der Waals surface area (Å²) in [5.74, 6) is 0.195. The Morgan fingerprint density at radius 1 is 1.19 bits per heavy atom. The second kappa shape index (κ2) is 10.5. The fraction of sp³-hybridized carbons (Fsp3) is 0.200. The lowest BCUT2D eigenvalue weighted by Crippen LogP contribution is -2.19. The van der Waals surface area contributed by atoms with Crippen LogP contribution >= 0.6 is 35.0 Å². The van der Waals surface area contributed by atoms with Crippen LogP contribution < -0.4 is 15.8 Å². The minimum atomic E-state index is -0.612. The summed E-state index contributed by atoms with van der Waals surface area (Å²) < 4.78 is 7.57. The first-order valence-corrected chi connectivity index (χ1v) is 10.9. The summed E-state index contributed by atoms with van der Waals surface area (Å²) in [6.45, 7) is 2.66. The number of thioether (sulfide) groups is 1. The monoisotopic (exact) mass is 479 g/mol. The Morgan fingerprint density at radius 3 is 2.71 bits per heavy atom. The van der Waals surface area contributed by atoms with Crippen LogP contribution in [-0.2, 0) is 17.9 Å². The first kappa shape index (κ1) is 22.9. The van der Waals surface area contributed by atoms with Gasteiger partial charge in [0.05, 0.1) is 22.0 Å². The van der Waals surface area contributed by atoms with Crippen LogP contribution in [-0.4, -0.2) is 32.3 Å². The molecule has 0 fully saturated rings. The van der Waals surface area contributed by atoms with Gasteiger partial charge in [-0.2, -0.15) is 0 Å². The maximum atomic E-state index is 12.4. The Labute approximate surface area is 193 Å². The number of carbonyl (C=O) groups is 2. The standard InChI is InChI=1S/C20H19Cl2N5O3S/c1-2-27-17(10-30-16-9-12(21)7-8-14(16)22)25-26-20(27)31-11-18(28)24-15-6-4-3-5-13(15)19(23)29/h3-9H,2,10-11H2,1H3,(H2,23,29)(H,24,28). The topological polar surface area (TPSA) is 112 Å². The van der Waals surface area contributed by atoms with E-state index in [-0.39, 0.29) is 23.8 Å². The summed E-state index contributed by atoms with van der Waals surface area (Å²) in [4.78, 5) is 23.8. The Bertz CT molecular complexity index is 1110. The van der Waals surface area contributed by atoms with E-state index in [9.17, 15) is 9.59 Å². The van der Waals surface area contributed by atoms with E-state index in [2.05, 4.69) is 15.5 Å². The van der Waals surface area contributed by atoms with Crippen LogP contribution in [0.15, 0.2) is 47.6 Å². The molecular weight excluding hydrogens is 461 g/mol. The Morgan fingerprint density at radius 2 is 1.97 bits per heavy atom. The molecule has 0 aliphatic carbocycles. The average molecular weight is 480 g/mol. The summed E-state index contributed by atoms with van der Waals surface area (Å²) in [7, 11) is 0. The molecule has 0 saturated carbocycles. The van der Waals surface area contributed by atoms with Gasteiger partial charge in [0.25, 0.3) is 5.91 Å². The number of halogens is 2. The molecule has 0 unspecified atom stereocenters. The number of nitrogens with two attached hydrogens (primary N) is 1. The van der Waals surface area contributed by atoms with Crippen molar-refractivity contribution in [2.75, 3.05) is 11.1 Å². The van der Waals surface area contributed by atoms with Crippen molar-refractivity contribution in [2.24, 2.45) is 5.73 Å². The number of rotatable bonds is 9. The Balaban J connectivity index is 1.62. The fourth-order valence-electron chi connectivity index (χ4n) is 2.70. The number of aromatic nitrogens is 3. The van der Waals surface area contributed by atoms with Gasteiger partial charge in [0, 0.05) is 17.6 Å². The largest absolute Gasteiger partial charge is 0.484 e. The highest BCUT2D eigenvalue weighted by Crippen LogP contribution is 2.28. The molecule has 3 N–H and O–H groups in total. The second-order valence-electron chi connectivity index (χ2n) is 6.25. The second-order valence-corrected chi connectivity index (χ2v) is 8.04. The van der Waals surface area contributed by atoms with Crippen molar-refractivity contribution >= 4 is 52.5 Å². The van der Waals surface area contributed by atoms with Gasteiger partial charge < -0.3 is 20.4 Å². The van der Waals surface area contributed by atoms with Crippen molar-refractivity contribution in [3.8, 4) is 5.75 Å². The molecule has 0 radical (unpaired) electrons. The highest BCUT2D eigenvalue weighted by Gasteiger charge is 2.16. The maximum Gasteiger partial charge on any atom is 0.250 e. The first-order valence-electron chi connectivity index (χ1n) is 9.20. The van der Waals surface area contributed by atoms with E-state index in [0.717, 1.165) is 0 Å². The van der Waals surface area contributed by atoms with Gasteiger partial charge in [-0.3, -0.25) is 9.59 Å². The van der Waals surface area contributed by atoms with Crippen LogP contribution in [0.4, 0.5) is 5.69 Å². The van der Waals surface area contributed by atoms with Crippen molar-refractivity contribution in [1.82, 2.24) is 14.8 Å². The Kier molecular flexibility index (Phi) is 7.78. The summed E-state index contributed by atoms with van der Waals surface area (Å²) in [6, 6.07) is 11.5. The van der Waals surface area contributed by atoms with E-state index in [1.807, 2.05) is 11.5 Å².